The quantitative estimate of drug-likeness (QED) is 0.305. The second-order valence-electron chi connectivity index (χ2n) is 8.79. The minimum absolute atomic E-state index is 0.157. The van der Waals surface area contributed by atoms with Gasteiger partial charge >= 0.3 is 12.0 Å². The molecule has 2 aromatic heterocycles. The second kappa shape index (κ2) is 9.95. The molecule has 0 spiro atoms. The number of aromatic carboxylic acids is 1. The third-order valence-corrected chi connectivity index (χ3v) is 7.41. The number of hydrogen-bond donors (Lipinski definition) is 3. The number of nitrogens with one attached hydrogen (secondary N) is 2. The second-order valence-corrected chi connectivity index (χ2v) is 9.80. The molecule has 9 heteroatoms. The Morgan fingerprint density at radius 2 is 1.97 bits per heavy atom. The Morgan fingerprint density at radius 1 is 1.17 bits per heavy atom. The monoisotopic (exact) mass is 492 g/mol. The number of ether oxygens (including phenoxy) is 1. The van der Waals surface area contributed by atoms with E-state index in [2.05, 4.69) is 15.6 Å². The molecule has 0 atom stereocenters. The number of carboxylic acid groups (broad SMARTS) is 1. The summed E-state index contributed by atoms with van der Waals surface area (Å²) >= 11 is 1.43. The lowest BCUT2D eigenvalue weighted by Crippen LogP contribution is -2.42. The number of carboxylic acids is 1. The minimum Gasteiger partial charge on any atom is -0.477 e. The van der Waals surface area contributed by atoms with Crippen LogP contribution in [0.15, 0.2) is 42.5 Å². The number of amides is 2. The van der Waals surface area contributed by atoms with E-state index in [1.165, 1.54) is 30.6 Å². The molecule has 0 saturated heterocycles. The fourth-order valence-electron chi connectivity index (χ4n) is 4.66. The van der Waals surface area contributed by atoms with Gasteiger partial charge in [-0.2, -0.15) is 0 Å². The van der Waals surface area contributed by atoms with Gasteiger partial charge in [0.1, 0.15) is 11.5 Å². The molecule has 35 heavy (non-hydrogen) atoms. The Morgan fingerprint density at radius 3 is 2.74 bits per heavy atom. The van der Waals surface area contributed by atoms with Crippen LogP contribution < -0.4 is 15.4 Å². The zero-order valence-electron chi connectivity index (χ0n) is 19.5. The lowest BCUT2D eigenvalue weighted by atomic mass is 9.96. The maximum absolute atomic E-state index is 12.4. The first-order chi connectivity index (χ1) is 17.0. The van der Waals surface area contributed by atoms with E-state index in [-0.39, 0.29) is 17.8 Å². The van der Waals surface area contributed by atoms with Gasteiger partial charge in [0.05, 0.1) is 15.9 Å². The molecule has 2 amide bonds. The van der Waals surface area contributed by atoms with Gasteiger partial charge in [0, 0.05) is 24.2 Å². The number of carbonyl (C=O) groups is 2. The topological polar surface area (TPSA) is 105 Å². The summed E-state index contributed by atoms with van der Waals surface area (Å²) < 4.78 is 8.77. The molecule has 182 valence electrons. The summed E-state index contributed by atoms with van der Waals surface area (Å²) in [4.78, 5) is 29.4. The summed E-state index contributed by atoms with van der Waals surface area (Å²) in [5.41, 5.74) is 2.45. The number of carbonyl (C=O) groups excluding carboxylic acids is 1. The van der Waals surface area contributed by atoms with E-state index in [1.807, 2.05) is 49.4 Å². The van der Waals surface area contributed by atoms with Crippen molar-refractivity contribution in [3.05, 3.63) is 59.4 Å². The average molecular weight is 493 g/mol. The van der Waals surface area contributed by atoms with Crippen LogP contribution in [0.25, 0.3) is 15.2 Å². The van der Waals surface area contributed by atoms with Crippen LogP contribution in [-0.2, 0) is 13.0 Å². The van der Waals surface area contributed by atoms with E-state index in [4.69, 9.17) is 4.74 Å². The first kappa shape index (κ1) is 23.2. The van der Waals surface area contributed by atoms with Crippen molar-refractivity contribution in [3.63, 3.8) is 0 Å². The molecular formula is C26H28N4O4S. The van der Waals surface area contributed by atoms with Gasteiger partial charge in [-0.3, -0.25) is 4.40 Å². The van der Waals surface area contributed by atoms with Crippen LogP contribution in [0.1, 0.15) is 60.8 Å². The number of fused-ring (bicyclic) bond motifs is 3. The number of imidazole rings is 1. The van der Waals surface area contributed by atoms with E-state index in [9.17, 15) is 14.7 Å². The molecule has 1 saturated carbocycles. The first-order valence-electron chi connectivity index (χ1n) is 12.0. The van der Waals surface area contributed by atoms with E-state index in [0.29, 0.717) is 35.1 Å². The third-order valence-electron chi connectivity index (χ3n) is 6.41. The van der Waals surface area contributed by atoms with Crippen molar-refractivity contribution < 1.29 is 19.4 Å². The zero-order chi connectivity index (χ0) is 24.4. The van der Waals surface area contributed by atoms with Gasteiger partial charge in [0.15, 0.2) is 10.7 Å². The maximum atomic E-state index is 12.4. The van der Waals surface area contributed by atoms with Crippen molar-refractivity contribution in [2.75, 3.05) is 0 Å². The van der Waals surface area contributed by atoms with Crippen molar-refractivity contribution in [1.82, 2.24) is 20.0 Å². The maximum Gasteiger partial charge on any atom is 0.354 e. The fourth-order valence-corrected chi connectivity index (χ4v) is 5.73. The molecule has 0 aliphatic heterocycles. The van der Waals surface area contributed by atoms with Gasteiger partial charge in [-0.1, -0.05) is 55.7 Å². The predicted octanol–water partition coefficient (Wildman–Crippen LogP) is 5.73. The van der Waals surface area contributed by atoms with Gasteiger partial charge < -0.3 is 20.5 Å². The summed E-state index contributed by atoms with van der Waals surface area (Å²) in [5.74, 6) is 0.308. The molecule has 1 fully saturated rings. The number of thiazole rings is 1. The number of nitrogens with zero attached hydrogens (tertiary/aromatic N) is 2. The summed E-state index contributed by atoms with van der Waals surface area (Å²) in [6, 6.07) is 13.3. The van der Waals surface area contributed by atoms with Crippen LogP contribution in [0.3, 0.4) is 0 Å². The van der Waals surface area contributed by atoms with Gasteiger partial charge in [-0.25, -0.2) is 14.6 Å². The molecule has 3 N–H and O–H groups in total. The van der Waals surface area contributed by atoms with Gasteiger partial charge in [-0.05, 0) is 37.5 Å². The fraction of sp³-hybridized carbons (Fsp3) is 0.346. The number of aromatic nitrogens is 2. The first-order valence-corrected chi connectivity index (χ1v) is 12.8. The molecule has 1 aliphatic rings. The van der Waals surface area contributed by atoms with Crippen LogP contribution in [0.2, 0.25) is 0 Å². The predicted molar refractivity (Wildman–Crippen MR) is 136 cm³/mol. The highest BCUT2D eigenvalue weighted by molar-refractivity contribution is 7.23. The summed E-state index contributed by atoms with van der Waals surface area (Å²) in [6.07, 6.45) is 6.21. The number of benzene rings is 2. The van der Waals surface area contributed by atoms with Crippen LogP contribution in [0, 0.1) is 0 Å². The van der Waals surface area contributed by atoms with Crippen molar-refractivity contribution >= 4 is 38.5 Å². The van der Waals surface area contributed by atoms with E-state index in [0.717, 1.165) is 28.6 Å². The van der Waals surface area contributed by atoms with Crippen LogP contribution in [-0.4, -0.2) is 32.5 Å². The van der Waals surface area contributed by atoms with Crippen molar-refractivity contribution in [2.45, 2.75) is 58.0 Å². The number of aryl methyl sites for hydroxylation is 1. The third kappa shape index (κ3) is 4.81. The van der Waals surface area contributed by atoms with Crippen molar-refractivity contribution in [1.29, 1.82) is 0 Å². The highest BCUT2D eigenvalue weighted by Gasteiger charge is 2.21. The minimum atomic E-state index is -0.983. The average Bonchev–Trinajstić information content (AvgIpc) is 3.39. The molecular weight excluding hydrogens is 464 g/mol. The smallest absolute Gasteiger partial charge is 0.354 e. The number of para-hydroxylation sites is 1. The summed E-state index contributed by atoms with van der Waals surface area (Å²) in [7, 11) is 0. The van der Waals surface area contributed by atoms with Gasteiger partial charge in [0.25, 0.3) is 0 Å². The van der Waals surface area contributed by atoms with Gasteiger partial charge in [0.2, 0.25) is 0 Å². The highest BCUT2D eigenvalue weighted by Crippen LogP contribution is 2.34. The molecule has 8 nitrogen and oxygen atoms in total. The van der Waals surface area contributed by atoms with E-state index in [1.54, 1.807) is 4.40 Å². The molecule has 4 aromatic rings. The SMILES string of the molecule is CCc1nc2sc3cc(Oc4ccccc4CNC(=O)NC4CCCCC4)ccc3n2c1C(=O)O. The lowest BCUT2D eigenvalue weighted by Gasteiger charge is -2.23. The molecule has 1 aliphatic carbocycles. The number of hydrogen-bond acceptors (Lipinski definition) is 5. The molecule has 0 radical (unpaired) electrons. The molecule has 0 bridgehead atoms. The Bertz CT molecular complexity index is 1390. The van der Waals surface area contributed by atoms with Crippen LogP contribution >= 0.6 is 11.3 Å². The molecule has 0 unspecified atom stereocenters. The highest BCUT2D eigenvalue weighted by atomic mass is 32.1. The number of urea groups is 1. The largest absolute Gasteiger partial charge is 0.477 e. The Balaban J connectivity index is 1.33. The normalized spacial score (nSPS) is 14.3. The summed E-state index contributed by atoms with van der Waals surface area (Å²) in [6.45, 7) is 2.25. The Kier molecular flexibility index (Phi) is 6.59. The molecule has 5 rings (SSSR count). The Labute approximate surface area is 206 Å². The van der Waals surface area contributed by atoms with Crippen LogP contribution in [0.5, 0.6) is 11.5 Å². The number of rotatable bonds is 7. The molecule has 2 heterocycles. The van der Waals surface area contributed by atoms with Crippen molar-refractivity contribution in [3.8, 4) is 11.5 Å². The molecule has 2 aromatic carbocycles. The lowest BCUT2D eigenvalue weighted by molar-refractivity contribution is 0.0688. The van der Waals surface area contributed by atoms with E-state index < -0.39 is 5.97 Å². The summed E-state index contributed by atoms with van der Waals surface area (Å²) in [5, 5.41) is 15.7. The van der Waals surface area contributed by atoms with Gasteiger partial charge in [-0.15, -0.1) is 0 Å². The van der Waals surface area contributed by atoms with E-state index >= 15 is 0 Å². The zero-order valence-corrected chi connectivity index (χ0v) is 20.4. The standard InChI is InChI=1S/C26H28N4O4S/c1-2-19-23(24(31)32)30-20-13-12-18(14-22(20)35-26(30)29-19)34-21-11-7-6-8-16(21)15-27-25(33)28-17-9-4-3-5-10-17/h6-8,11-14,17H,2-5,9-10,15H2,1H3,(H,31,32)(H2,27,28,33). The van der Waals surface area contributed by atoms with Crippen molar-refractivity contribution in [2.24, 2.45) is 0 Å². The Hall–Kier alpha value is -3.59. The van der Waals surface area contributed by atoms with Crippen LogP contribution in [0.4, 0.5) is 4.79 Å².